The Kier molecular flexibility index (Phi) is 6.96. The summed E-state index contributed by atoms with van der Waals surface area (Å²) in [6.07, 6.45) is 2.33. The number of aryl methyl sites for hydroxylation is 2. The van der Waals surface area contributed by atoms with Gasteiger partial charge in [0.15, 0.2) is 0 Å². The molecule has 1 amide bonds. The Hall–Kier alpha value is -4.00. The van der Waals surface area contributed by atoms with Crippen LogP contribution in [-0.2, 0) is 28.3 Å². The van der Waals surface area contributed by atoms with Gasteiger partial charge in [-0.05, 0) is 54.5 Å². The van der Waals surface area contributed by atoms with Gasteiger partial charge in [-0.3, -0.25) is 4.79 Å². The van der Waals surface area contributed by atoms with Crippen LogP contribution in [0.25, 0.3) is 11.0 Å². The third kappa shape index (κ3) is 5.57. The number of nitrogens with one attached hydrogen (secondary N) is 1. The first-order chi connectivity index (χ1) is 16.7. The summed E-state index contributed by atoms with van der Waals surface area (Å²) in [7, 11) is 1.29. The molecule has 0 atom stereocenters. The third-order valence-corrected chi connectivity index (χ3v) is 7.26. The van der Waals surface area contributed by atoms with Crippen LogP contribution in [0.4, 0.5) is 5.69 Å². The Morgan fingerprint density at radius 3 is 2.63 bits per heavy atom. The highest BCUT2D eigenvalue weighted by Gasteiger charge is 2.19. The standard InChI is InChI=1S/C26H25N5O3S/c1-30(2)35(33,34)22-12-13-24-23(18-22)29-25(31(24)3)14-15-26(32)28-21-9-6-7-19(17-21)10-11-20-8-4-5-16-27-20/h4-9,12-13,16-18H,14-15H2,1-3H3,(H,28,32). The van der Waals surface area contributed by atoms with Crippen molar-refractivity contribution in [3.05, 3.63) is 83.9 Å². The van der Waals surface area contributed by atoms with Crippen LogP contribution in [0.2, 0.25) is 0 Å². The molecule has 0 spiro atoms. The first-order valence-electron chi connectivity index (χ1n) is 10.9. The Labute approximate surface area is 204 Å². The molecule has 0 aliphatic rings. The quantitative estimate of drug-likeness (QED) is 0.421. The summed E-state index contributed by atoms with van der Waals surface area (Å²) in [6, 6.07) is 17.7. The maximum absolute atomic E-state index is 12.6. The molecule has 0 bridgehead atoms. The molecule has 2 aromatic carbocycles. The second kappa shape index (κ2) is 10.1. The van der Waals surface area contributed by atoms with Crippen LogP contribution in [0.15, 0.2) is 71.8 Å². The van der Waals surface area contributed by atoms with Crippen molar-refractivity contribution < 1.29 is 13.2 Å². The molecule has 2 heterocycles. The van der Waals surface area contributed by atoms with Crippen molar-refractivity contribution in [3.8, 4) is 11.8 Å². The number of pyridine rings is 1. The minimum atomic E-state index is -3.55. The number of rotatable bonds is 6. The second-order valence-electron chi connectivity index (χ2n) is 8.12. The van der Waals surface area contributed by atoms with Crippen molar-refractivity contribution in [2.24, 2.45) is 7.05 Å². The summed E-state index contributed by atoms with van der Waals surface area (Å²) in [6.45, 7) is 0. The van der Waals surface area contributed by atoms with Crippen molar-refractivity contribution >= 4 is 32.7 Å². The maximum atomic E-state index is 12.6. The number of nitrogens with zero attached hydrogens (tertiary/aromatic N) is 4. The van der Waals surface area contributed by atoms with E-state index in [4.69, 9.17) is 0 Å². The largest absolute Gasteiger partial charge is 0.331 e. The number of carbonyl (C=O) groups excluding carboxylic acids is 1. The van der Waals surface area contributed by atoms with Gasteiger partial charge in [0.2, 0.25) is 15.9 Å². The van der Waals surface area contributed by atoms with E-state index in [1.54, 1.807) is 24.4 Å². The summed E-state index contributed by atoms with van der Waals surface area (Å²) < 4.78 is 27.9. The molecule has 178 valence electrons. The average molecular weight is 488 g/mol. The fourth-order valence-electron chi connectivity index (χ4n) is 3.52. The van der Waals surface area contributed by atoms with E-state index in [-0.39, 0.29) is 17.2 Å². The molecule has 0 saturated heterocycles. The molecule has 0 aliphatic heterocycles. The SMILES string of the molecule is CN(C)S(=O)(=O)c1ccc2c(c1)nc(CCC(=O)Nc1cccc(C#Cc3ccccn3)c1)n2C. The lowest BCUT2D eigenvalue weighted by Crippen LogP contribution is -2.22. The predicted molar refractivity (Wildman–Crippen MR) is 135 cm³/mol. The summed E-state index contributed by atoms with van der Waals surface area (Å²) in [5.74, 6) is 6.60. The van der Waals surface area contributed by atoms with Gasteiger partial charge in [0.05, 0.1) is 15.9 Å². The number of hydrogen-bond acceptors (Lipinski definition) is 5. The molecule has 0 radical (unpaired) electrons. The zero-order valence-corrected chi connectivity index (χ0v) is 20.5. The monoisotopic (exact) mass is 487 g/mol. The smallest absolute Gasteiger partial charge is 0.242 e. The first-order valence-corrected chi connectivity index (χ1v) is 12.4. The highest BCUT2D eigenvalue weighted by Crippen LogP contribution is 2.22. The molecule has 0 saturated carbocycles. The van der Waals surface area contributed by atoms with Crippen molar-refractivity contribution in [3.63, 3.8) is 0 Å². The van der Waals surface area contributed by atoms with E-state index in [9.17, 15) is 13.2 Å². The van der Waals surface area contributed by atoms with Gasteiger partial charge in [-0.1, -0.05) is 18.1 Å². The molecule has 0 fully saturated rings. The van der Waals surface area contributed by atoms with Crippen molar-refractivity contribution in [1.29, 1.82) is 0 Å². The van der Waals surface area contributed by atoms with Crippen LogP contribution in [0, 0.1) is 11.8 Å². The normalized spacial score (nSPS) is 11.3. The second-order valence-corrected chi connectivity index (χ2v) is 10.3. The number of hydrogen-bond donors (Lipinski definition) is 1. The lowest BCUT2D eigenvalue weighted by Gasteiger charge is -2.10. The van der Waals surface area contributed by atoms with Gasteiger partial charge >= 0.3 is 0 Å². The van der Waals surface area contributed by atoms with Gasteiger partial charge in [0.1, 0.15) is 11.5 Å². The number of carbonyl (C=O) groups is 1. The van der Waals surface area contributed by atoms with Crippen LogP contribution >= 0.6 is 0 Å². The van der Waals surface area contributed by atoms with Crippen LogP contribution < -0.4 is 5.32 Å². The van der Waals surface area contributed by atoms with Gasteiger partial charge in [-0.2, -0.15) is 0 Å². The number of fused-ring (bicyclic) bond motifs is 1. The Morgan fingerprint density at radius 2 is 1.89 bits per heavy atom. The van der Waals surface area contributed by atoms with Gasteiger partial charge in [0, 0.05) is 51.4 Å². The van der Waals surface area contributed by atoms with E-state index < -0.39 is 10.0 Å². The first kappa shape index (κ1) is 24.1. The fraction of sp³-hybridized carbons (Fsp3) is 0.192. The van der Waals surface area contributed by atoms with Crippen LogP contribution in [-0.4, -0.2) is 47.3 Å². The summed E-state index contributed by atoms with van der Waals surface area (Å²) in [5.41, 5.74) is 3.48. The zero-order chi connectivity index (χ0) is 25.0. The highest BCUT2D eigenvalue weighted by molar-refractivity contribution is 7.89. The molecule has 0 unspecified atom stereocenters. The van der Waals surface area contributed by atoms with Gasteiger partial charge < -0.3 is 9.88 Å². The molecule has 0 aliphatic carbocycles. The fourth-order valence-corrected chi connectivity index (χ4v) is 4.44. The Bertz CT molecular complexity index is 1550. The molecular weight excluding hydrogens is 462 g/mol. The molecule has 35 heavy (non-hydrogen) atoms. The van der Waals surface area contributed by atoms with E-state index in [2.05, 4.69) is 27.1 Å². The average Bonchev–Trinajstić information content (AvgIpc) is 3.17. The number of aromatic nitrogens is 3. The van der Waals surface area contributed by atoms with E-state index in [1.165, 1.54) is 18.4 Å². The molecule has 1 N–H and O–H groups in total. The third-order valence-electron chi connectivity index (χ3n) is 5.45. The van der Waals surface area contributed by atoms with Crippen molar-refractivity contribution in [2.75, 3.05) is 19.4 Å². The maximum Gasteiger partial charge on any atom is 0.242 e. The summed E-state index contributed by atoms with van der Waals surface area (Å²) in [4.78, 5) is 21.5. The Morgan fingerprint density at radius 1 is 1.06 bits per heavy atom. The van der Waals surface area contributed by atoms with Crippen molar-refractivity contribution in [1.82, 2.24) is 18.8 Å². The number of sulfonamides is 1. The van der Waals surface area contributed by atoms with Gasteiger partial charge in [-0.15, -0.1) is 0 Å². The van der Waals surface area contributed by atoms with Crippen LogP contribution in [0.1, 0.15) is 23.5 Å². The lowest BCUT2D eigenvalue weighted by molar-refractivity contribution is -0.116. The number of amides is 1. The topological polar surface area (TPSA) is 97.2 Å². The highest BCUT2D eigenvalue weighted by atomic mass is 32.2. The molecule has 2 aromatic heterocycles. The molecule has 8 nitrogen and oxygen atoms in total. The minimum absolute atomic E-state index is 0.150. The molecule has 4 rings (SSSR count). The van der Waals surface area contributed by atoms with E-state index in [0.717, 1.165) is 11.1 Å². The summed E-state index contributed by atoms with van der Waals surface area (Å²) in [5, 5.41) is 2.90. The number of benzene rings is 2. The molecule has 4 aromatic rings. The Balaban J connectivity index is 1.43. The minimum Gasteiger partial charge on any atom is -0.331 e. The lowest BCUT2D eigenvalue weighted by atomic mass is 10.2. The van der Waals surface area contributed by atoms with Crippen molar-refractivity contribution in [2.45, 2.75) is 17.7 Å². The number of imidazole rings is 1. The van der Waals surface area contributed by atoms with E-state index in [0.29, 0.717) is 29.1 Å². The predicted octanol–water partition coefficient (Wildman–Crippen LogP) is 3.19. The molecule has 9 heteroatoms. The summed E-state index contributed by atoms with van der Waals surface area (Å²) >= 11 is 0. The van der Waals surface area contributed by atoms with Gasteiger partial charge in [-0.25, -0.2) is 22.7 Å². The van der Waals surface area contributed by atoms with E-state index in [1.807, 2.05) is 54.1 Å². The number of anilines is 1. The van der Waals surface area contributed by atoms with Crippen LogP contribution in [0.3, 0.4) is 0 Å². The van der Waals surface area contributed by atoms with E-state index >= 15 is 0 Å². The van der Waals surface area contributed by atoms with Crippen LogP contribution in [0.5, 0.6) is 0 Å². The zero-order valence-electron chi connectivity index (χ0n) is 19.7. The van der Waals surface area contributed by atoms with Gasteiger partial charge in [0.25, 0.3) is 0 Å². The molecular formula is C26H25N5O3S.